The number of piperidine rings is 1. The Hall–Kier alpha value is -0.320. The van der Waals surface area contributed by atoms with Crippen LogP contribution in [0.5, 0.6) is 0 Å². The van der Waals surface area contributed by atoms with Crippen LogP contribution < -0.4 is 5.32 Å². The molecule has 1 heterocycles. The van der Waals surface area contributed by atoms with Gasteiger partial charge in [-0.05, 0) is 38.8 Å². The zero-order valence-electron chi connectivity index (χ0n) is 12.8. The van der Waals surface area contributed by atoms with Crippen LogP contribution in [0.15, 0.2) is 0 Å². The van der Waals surface area contributed by atoms with Crippen molar-refractivity contribution in [2.45, 2.75) is 51.0 Å². The van der Waals surface area contributed by atoms with E-state index in [9.17, 15) is 4.79 Å². The summed E-state index contributed by atoms with van der Waals surface area (Å²) in [4.78, 5) is 15.0. The first-order chi connectivity index (χ1) is 9.19. The molecule has 1 amide bonds. The summed E-state index contributed by atoms with van der Waals surface area (Å²) >= 11 is 0. The summed E-state index contributed by atoms with van der Waals surface area (Å²) in [5.74, 6) is 0.308. The average Bonchev–Trinajstić information content (AvgIpc) is 2.48. The van der Waals surface area contributed by atoms with Gasteiger partial charge in [0.25, 0.3) is 0 Å². The first kappa shape index (κ1) is 17.7. The van der Waals surface area contributed by atoms with E-state index in [1.54, 1.807) is 7.11 Å². The standard InChI is InChI=1S/C15H28N2O2.ClH/c1-17(13-6-4-3-5-7-13)14(18)15(12-19-2)8-10-16-11-9-15;/h13,16H,3-12H2,1-2H3;1H. The summed E-state index contributed by atoms with van der Waals surface area (Å²) in [7, 11) is 3.70. The van der Waals surface area contributed by atoms with E-state index in [0.717, 1.165) is 25.9 Å². The van der Waals surface area contributed by atoms with E-state index < -0.39 is 0 Å². The third-order valence-corrected chi connectivity index (χ3v) is 4.88. The lowest BCUT2D eigenvalue weighted by atomic mass is 9.77. The van der Waals surface area contributed by atoms with Crippen molar-refractivity contribution in [1.29, 1.82) is 0 Å². The normalized spacial score (nSPS) is 22.9. The zero-order chi connectivity index (χ0) is 13.7. The summed E-state index contributed by atoms with van der Waals surface area (Å²) in [6, 6.07) is 0.449. The minimum Gasteiger partial charge on any atom is -0.384 e. The molecule has 0 aromatic carbocycles. The number of carbonyl (C=O) groups excluding carboxylic acids is 1. The van der Waals surface area contributed by atoms with Crippen molar-refractivity contribution in [1.82, 2.24) is 10.2 Å². The summed E-state index contributed by atoms with van der Waals surface area (Å²) in [5.41, 5.74) is -0.286. The van der Waals surface area contributed by atoms with E-state index in [4.69, 9.17) is 4.74 Å². The molecule has 4 nitrogen and oxygen atoms in total. The van der Waals surface area contributed by atoms with Gasteiger partial charge in [-0.3, -0.25) is 4.79 Å². The van der Waals surface area contributed by atoms with Crippen LogP contribution in [0.1, 0.15) is 44.9 Å². The highest BCUT2D eigenvalue weighted by Crippen LogP contribution is 2.33. The molecule has 0 atom stereocenters. The number of carbonyl (C=O) groups is 1. The fourth-order valence-corrected chi connectivity index (χ4v) is 3.61. The fourth-order valence-electron chi connectivity index (χ4n) is 3.61. The Bertz CT molecular complexity index is 295. The predicted molar refractivity (Wildman–Crippen MR) is 83.3 cm³/mol. The Kier molecular flexibility index (Phi) is 7.27. The van der Waals surface area contributed by atoms with E-state index in [-0.39, 0.29) is 17.8 Å². The highest BCUT2D eigenvalue weighted by Gasteiger charge is 2.42. The molecule has 20 heavy (non-hydrogen) atoms. The minimum atomic E-state index is -0.286. The first-order valence-electron chi connectivity index (χ1n) is 7.66. The number of methoxy groups -OCH3 is 1. The molecular weight excluding hydrogens is 276 g/mol. The van der Waals surface area contributed by atoms with Crippen molar-refractivity contribution in [3.8, 4) is 0 Å². The number of rotatable bonds is 4. The monoisotopic (exact) mass is 304 g/mol. The van der Waals surface area contributed by atoms with Gasteiger partial charge < -0.3 is 15.0 Å². The van der Waals surface area contributed by atoms with Gasteiger partial charge in [-0.15, -0.1) is 12.4 Å². The highest BCUT2D eigenvalue weighted by molar-refractivity contribution is 5.85. The SMILES string of the molecule is COCC1(C(=O)N(C)C2CCCCC2)CCNCC1.Cl. The highest BCUT2D eigenvalue weighted by atomic mass is 35.5. The number of amides is 1. The van der Waals surface area contributed by atoms with Crippen molar-refractivity contribution in [2.24, 2.45) is 5.41 Å². The summed E-state index contributed by atoms with van der Waals surface area (Å²) in [5, 5.41) is 3.34. The van der Waals surface area contributed by atoms with E-state index in [0.29, 0.717) is 18.6 Å². The van der Waals surface area contributed by atoms with Crippen LogP contribution in [0.25, 0.3) is 0 Å². The third-order valence-electron chi connectivity index (χ3n) is 4.88. The largest absolute Gasteiger partial charge is 0.384 e. The molecule has 0 radical (unpaired) electrons. The molecule has 1 N–H and O–H groups in total. The maximum Gasteiger partial charge on any atom is 0.231 e. The van der Waals surface area contributed by atoms with Gasteiger partial charge in [0, 0.05) is 20.2 Å². The van der Waals surface area contributed by atoms with Gasteiger partial charge in [0.2, 0.25) is 5.91 Å². The summed E-state index contributed by atoms with van der Waals surface area (Å²) < 4.78 is 5.37. The molecule has 1 saturated carbocycles. The smallest absolute Gasteiger partial charge is 0.231 e. The van der Waals surface area contributed by atoms with Gasteiger partial charge >= 0.3 is 0 Å². The van der Waals surface area contributed by atoms with Crippen molar-refractivity contribution in [2.75, 3.05) is 33.9 Å². The molecule has 118 valence electrons. The molecule has 1 aliphatic heterocycles. The molecule has 0 unspecified atom stereocenters. The Morgan fingerprint density at radius 2 is 1.85 bits per heavy atom. The van der Waals surface area contributed by atoms with Crippen LogP contribution in [-0.2, 0) is 9.53 Å². The van der Waals surface area contributed by atoms with Gasteiger partial charge in [-0.1, -0.05) is 19.3 Å². The van der Waals surface area contributed by atoms with Crippen molar-refractivity contribution < 1.29 is 9.53 Å². The summed E-state index contributed by atoms with van der Waals surface area (Å²) in [6.45, 7) is 2.41. The molecule has 1 aliphatic carbocycles. The second-order valence-corrected chi connectivity index (χ2v) is 6.17. The number of halogens is 1. The van der Waals surface area contributed by atoms with Crippen LogP contribution >= 0.6 is 12.4 Å². The quantitative estimate of drug-likeness (QED) is 0.866. The van der Waals surface area contributed by atoms with Crippen LogP contribution in [0.4, 0.5) is 0 Å². The zero-order valence-corrected chi connectivity index (χ0v) is 13.6. The molecular formula is C15H29ClN2O2. The van der Waals surface area contributed by atoms with Crippen LogP contribution in [0, 0.1) is 5.41 Å². The Labute approximate surface area is 129 Å². The molecule has 2 fully saturated rings. The molecule has 2 rings (SSSR count). The van der Waals surface area contributed by atoms with E-state index >= 15 is 0 Å². The topological polar surface area (TPSA) is 41.6 Å². The Morgan fingerprint density at radius 1 is 1.25 bits per heavy atom. The number of ether oxygens (including phenoxy) is 1. The van der Waals surface area contributed by atoms with Gasteiger partial charge in [-0.2, -0.15) is 0 Å². The minimum absolute atomic E-state index is 0. The lowest BCUT2D eigenvalue weighted by Crippen LogP contribution is -2.53. The second kappa shape index (κ2) is 8.20. The van der Waals surface area contributed by atoms with Crippen molar-refractivity contribution >= 4 is 18.3 Å². The van der Waals surface area contributed by atoms with Gasteiger partial charge in [-0.25, -0.2) is 0 Å². The molecule has 1 saturated heterocycles. The Morgan fingerprint density at radius 3 is 2.40 bits per heavy atom. The number of hydrogen-bond donors (Lipinski definition) is 1. The average molecular weight is 305 g/mol. The molecule has 0 aromatic heterocycles. The third kappa shape index (κ3) is 3.86. The predicted octanol–water partition coefficient (Wildman–Crippen LogP) is 2.22. The van der Waals surface area contributed by atoms with Crippen LogP contribution in [0.2, 0.25) is 0 Å². The lowest BCUT2D eigenvalue weighted by molar-refractivity contribution is -0.149. The van der Waals surface area contributed by atoms with E-state index in [1.807, 2.05) is 11.9 Å². The first-order valence-corrected chi connectivity index (χ1v) is 7.66. The van der Waals surface area contributed by atoms with E-state index in [2.05, 4.69) is 5.32 Å². The van der Waals surface area contributed by atoms with Gasteiger partial charge in [0.1, 0.15) is 0 Å². The van der Waals surface area contributed by atoms with Crippen molar-refractivity contribution in [3.05, 3.63) is 0 Å². The van der Waals surface area contributed by atoms with Gasteiger partial charge in [0.15, 0.2) is 0 Å². The molecule has 5 heteroatoms. The van der Waals surface area contributed by atoms with Crippen molar-refractivity contribution in [3.63, 3.8) is 0 Å². The number of hydrogen-bond acceptors (Lipinski definition) is 3. The molecule has 2 aliphatic rings. The molecule has 0 bridgehead atoms. The second-order valence-electron chi connectivity index (χ2n) is 6.17. The van der Waals surface area contributed by atoms with E-state index in [1.165, 1.54) is 32.1 Å². The Balaban J connectivity index is 0.00000200. The van der Waals surface area contributed by atoms with Crippen LogP contribution in [0.3, 0.4) is 0 Å². The maximum atomic E-state index is 12.9. The summed E-state index contributed by atoms with van der Waals surface area (Å²) in [6.07, 6.45) is 7.99. The number of nitrogens with zero attached hydrogens (tertiary/aromatic N) is 1. The van der Waals surface area contributed by atoms with Crippen LogP contribution in [-0.4, -0.2) is 50.7 Å². The molecule has 0 spiro atoms. The number of nitrogens with one attached hydrogen (secondary N) is 1. The fraction of sp³-hybridized carbons (Fsp3) is 0.933. The molecule has 0 aromatic rings. The van der Waals surface area contributed by atoms with Gasteiger partial charge in [0.05, 0.1) is 12.0 Å². The lowest BCUT2D eigenvalue weighted by Gasteiger charge is -2.41. The maximum absolute atomic E-state index is 12.9.